The largest absolute Gasteiger partial charge is 0.455 e. The predicted octanol–water partition coefficient (Wildman–Crippen LogP) is 4.28. The molecule has 39 heavy (non-hydrogen) atoms. The maximum Gasteiger partial charge on any atom is 0.455 e. The minimum atomic E-state index is -4.77. The molecule has 3 aromatic heterocycles. The Morgan fingerprint density at radius 2 is 1.90 bits per heavy atom. The molecule has 1 aromatic carbocycles. The van der Waals surface area contributed by atoms with Crippen LogP contribution in [0.5, 0.6) is 0 Å². The molecule has 4 aromatic rings. The zero-order valence-corrected chi connectivity index (χ0v) is 23.5. The van der Waals surface area contributed by atoms with Crippen LogP contribution in [0, 0.1) is 10.5 Å². The van der Waals surface area contributed by atoms with E-state index in [2.05, 4.69) is 58.7 Å². The summed E-state index contributed by atoms with van der Waals surface area (Å²) in [5.41, 5.74) is 1.26. The molecule has 204 valence electrons. The van der Waals surface area contributed by atoms with E-state index in [9.17, 15) is 22.8 Å². The normalized spacial score (nSPS) is 11.6. The number of hydrogen-bond donors (Lipinski definition) is 2. The Labute approximate surface area is 238 Å². The van der Waals surface area contributed by atoms with Gasteiger partial charge < -0.3 is 10.6 Å². The summed E-state index contributed by atoms with van der Waals surface area (Å²) in [5.74, 6) is -2.34. The fraction of sp³-hybridized carbons (Fsp3) is 0.261. The molecule has 0 aliphatic heterocycles. The summed E-state index contributed by atoms with van der Waals surface area (Å²) in [7, 11) is 0. The number of aryl methyl sites for hydroxylation is 1. The maximum absolute atomic E-state index is 13.6. The smallest absolute Gasteiger partial charge is 0.350 e. The van der Waals surface area contributed by atoms with E-state index in [4.69, 9.17) is 11.6 Å². The molecule has 3 heterocycles. The van der Waals surface area contributed by atoms with Crippen LogP contribution >= 0.6 is 34.2 Å². The molecule has 16 heteroatoms. The first kappa shape index (κ1) is 28.4. The Hall–Kier alpha value is -3.60. The van der Waals surface area contributed by atoms with E-state index in [0.29, 0.717) is 10.4 Å². The van der Waals surface area contributed by atoms with Gasteiger partial charge in [0.1, 0.15) is 12.2 Å². The minimum Gasteiger partial charge on any atom is -0.350 e. The number of nitrogens with zero attached hydrogens (tertiary/aromatic N) is 7. The SMILES string of the molecule is Cc1cc(I)cc(C(=O)NC(C)C)c1NC(=O)c1cc(Cn2nnc(C(F)(F)F)n2)nn1-c1ncccc1Cl. The van der Waals surface area contributed by atoms with Crippen molar-refractivity contribution in [2.24, 2.45) is 0 Å². The maximum atomic E-state index is 13.6. The van der Waals surface area contributed by atoms with Gasteiger partial charge in [0.05, 0.1) is 22.0 Å². The summed E-state index contributed by atoms with van der Waals surface area (Å²) in [6.45, 7) is 5.05. The van der Waals surface area contributed by atoms with Crippen molar-refractivity contribution < 1.29 is 22.8 Å². The van der Waals surface area contributed by atoms with Gasteiger partial charge >= 0.3 is 6.18 Å². The van der Waals surface area contributed by atoms with Gasteiger partial charge in [-0.3, -0.25) is 9.59 Å². The summed E-state index contributed by atoms with van der Waals surface area (Å²) in [5, 5.41) is 19.8. The highest BCUT2D eigenvalue weighted by Crippen LogP contribution is 2.27. The van der Waals surface area contributed by atoms with Crippen molar-refractivity contribution in [1.82, 2.24) is 40.3 Å². The van der Waals surface area contributed by atoms with Crippen LogP contribution in [-0.2, 0) is 12.7 Å². The molecule has 0 saturated carbocycles. The number of halogens is 5. The quantitative estimate of drug-likeness (QED) is 0.280. The lowest BCUT2D eigenvalue weighted by Crippen LogP contribution is -2.31. The van der Waals surface area contributed by atoms with Gasteiger partial charge in [0.15, 0.2) is 5.82 Å². The van der Waals surface area contributed by atoms with Crippen LogP contribution in [0.3, 0.4) is 0 Å². The van der Waals surface area contributed by atoms with E-state index in [-0.39, 0.29) is 52.0 Å². The van der Waals surface area contributed by atoms with Crippen LogP contribution in [0.4, 0.5) is 18.9 Å². The molecule has 4 rings (SSSR count). The van der Waals surface area contributed by atoms with E-state index < -0.39 is 17.9 Å². The zero-order valence-electron chi connectivity index (χ0n) is 20.6. The molecule has 2 amide bonds. The van der Waals surface area contributed by atoms with Gasteiger partial charge in [0, 0.05) is 15.8 Å². The van der Waals surface area contributed by atoms with E-state index in [1.165, 1.54) is 12.3 Å². The molecule has 0 spiro atoms. The number of carbonyl (C=O) groups is 2. The molecule has 0 unspecified atom stereocenters. The van der Waals surface area contributed by atoms with Crippen LogP contribution in [0.1, 0.15) is 51.8 Å². The standard InChI is InChI=1S/C23H20ClF3IN9O2/c1-11(2)30-20(38)15-8-13(28)7-12(3)18(15)31-21(39)17-9-14(10-36-34-22(32-35-36)23(25,26)27)33-37(17)19-16(24)5-4-6-29-19/h4-9,11H,10H2,1-3H3,(H,30,38)(H,31,39). The Balaban J connectivity index is 1.74. The van der Waals surface area contributed by atoms with Crippen molar-refractivity contribution in [2.45, 2.75) is 39.5 Å². The summed E-state index contributed by atoms with van der Waals surface area (Å²) in [6.07, 6.45) is -3.33. The van der Waals surface area contributed by atoms with Crippen LogP contribution in [0.15, 0.2) is 36.5 Å². The Bertz CT molecular complexity index is 1550. The first-order valence-electron chi connectivity index (χ1n) is 11.3. The summed E-state index contributed by atoms with van der Waals surface area (Å²) in [6, 6.07) is 7.77. The van der Waals surface area contributed by atoms with Gasteiger partial charge in [-0.1, -0.05) is 11.6 Å². The van der Waals surface area contributed by atoms with Gasteiger partial charge in [-0.05, 0) is 84.5 Å². The highest BCUT2D eigenvalue weighted by atomic mass is 127. The molecule has 0 radical (unpaired) electrons. The van der Waals surface area contributed by atoms with Gasteiger partial charge in [-0.25, -0.2) is 9.67 Å². The first-order chi connectivity index (χ1) is 18.3. The third-order valence-electron chi connectivity index (χ3n) is 5.15. The van der Waals surface area contributed by atoms with E-state index in [0.717, 1.165) is 8.25 Å². The molecule has 11 nitrogen and oxygen atoms in total. The van der Waals surface area contributed by atoms with Gasteiger partial charge in [-0.15, -0.1) is 10.2 Å². The zero-order chi connectivity index (χ0) is 28.5. The van der Waals surface area contributed by atoms with Crippen LogP contribution < -0.4 is 10.6 Å². The number of anilines is 1. The fourth-order valence-electron chi connectivity index (χ4n) is 3.54. The monoisotopic (exact) mass is 673 g/mol. The Morgan fingerprint density at radius 3 is 2.54 bits per heavy atom. The van der Waals surface area contributed by atoms with Crippen LogP contribution in [-0.4, -0.2) is 52.8 Å². The lowest BCUT2D eigenvalue weighted by molar-refractivity contribution is -0.145. The van der Waals surface area contributed by atoms with E-state index in [1.54, 1.807) is 31.2 Å². The van der Waals surface area contributed by atoms with Crippen molar-refractivity contribution >= 4 is 51.7 Å². The molecule has 0 aliphatic rings. The average Bonchev–Trinajstić information content (AvgIpc) is 3.48. The number of hydrogen-bond acceptors (Lipinski definition) is 7. The van der Waals surface area contributed by atoms with Gasteiger partial charge in [-0.2, -0.15) is 23.1 Å². The second-order valence-electron chi connectivity index (χ2n) is 8.61. The summed E-state index contributed by atoms with van der Waals surface area (Å²) in [4.78, 5) is 31.4. The average molecular weight is 674 g/mol. The highest BCUT2D eigenvalue weighted by Gasteiger charge is 2.37. The number of benzene rings is 1. The molecular weight excluding hydrogens is 654 g/mol. The second kappa shape index (κ2) is 11.3. The lowest BCUT2D eigenvalue weighted by Gasteiger charge is -2.16. The number of nitrogens with one attached hydrogen (secondary N) is 2. The van der Waals surface area contributed by atoms with Gasteiger partial charge in [0.25, 0.3) is 17.6 Å². The van der Waals surface area contributed by atoms with E-state index in [1.807, 2.05) is 13.8 Å². The van der Waals surface area contributed by atoms with Crippen LogP contribution in [0.25, 0.3) is 5.82 Å². The first-order valence-corrected chi connectivity index (χ1v) is 12.8. The molecule has 0 aliphatic carbocycles. The van der Waals surface area contributed by atoms with Crippen LogP contribution in [0.2, 0.25) is 5.02 Å². The number of tetrazole rings is 1. The lowest BCUT2D eigenvalue weighted by atomic mass is 10.1. The number of alkyl halides is 3. The summed E-state index contributed by atoms with van der Waals surface area (Å²) < 4.78 is 40.7. The van der Waals surface area contributed by atoms with Crippen molar-refractivity contribution in [3.63, 3.8) is 0 Å². The minimum absolute atomic E-state index is 0.0464. The molecule has 0 saturated heterocycles. The Morgan fingerprint density at radius 1 is 1.15 bits per heavy atom. The number of rotatable bonds is 7. The topological polar surface area (TPSA) is 133 Å². The summed E-state index contributed by atoms with van der Waals surface area (Å²) >= 11 is 8.38. The molecule has 0 bridgehead atoms. The van der Waals surface area contributed by atoms with Crippen molar-refractivity contribution in [3.8, 4) is 5.82 Å². The second-order valence-corrected chi connectivity index (χ2v) is 10.3. The molecule has 2 N–H and O–H groups in total. The van der Waals surface area contributed by atoms with Gasteiger partial charge in [0.2, 0.25) is 0 Å². The fourth-order valence-corrected chi connectivity index (χ4v) is 4.52. The molecule has 0 atom stereocenters. The number of carbonyl (C=O) groups excluding carboxylic acids is 2. The Kier molecular flexibility index (Phi) is 8.20. The predicted molar refractivity (Wildman–Crippen MR) is 143 cm³/mol. The third-order valence-corrected chi connectivity index (χ3v) is 6.06. The number of pyridine rings is 1. The van der Waals surface area contributed by atoms with E-state index >= 15 is 0 Å². The third kappa shape index (κ3) is 6.52. The molecular formula is C23H20ClF3IN9O2. The van der Waals surface area contributed by atoms with Crippen molar-refractivity contribution in [3.05, 3.63) is 73.5 Å². The highest BCUT2D eigenvalue weighted by molar-refractivity contribution is 14.1. The molecule has 0 fully saturated rings. The number of amides is 2. The van der Waals surface area contributed by atoms with Crippen molar-refractivity contribution in [1.29, 1.82) is 0 Å². The van der Waals surface area contributed by atoms with Crippen molar-refractivity contribution in [2.75, 3.05) is 5.32 Å². The number of aromatic nitrogens is 7.